The molecule has 0 bridgehead atoms. The molecule has 12 heavy (non-hydrogen) atoms. The van der Waals surface area contributed by atoms with E-state index in [0.717, 1.165) is 12.5 Å². The summed E-state index contributed by atoms with van der Waals surface area (Å²) in [5, 5.41) is 3.38. The van der Waals surface area contributed by atoms with Gasteiger partial charge in [-0.1, -0.05) is 0 Å². The molecule has 0 spiro atoms. The Morgan fingerprint density at radius 1 is 1.25 bits per heavy atom. The molecule has 0 saturated carbocycles. The molecular formula is C8H19Br2NSn. The molecule has 0 aliphatic heterocycles. The zero-order valence-electron chi connectivity index (χ0n) is 8.16. The van der Waals surface area contributed by atoms with Gasteiger partial charge in [0.1, 0.15) is 0 Å². The number of hydrogen-bond acceptors (Lipinski definition) is 1. The standard InChI is InChI=1S/C6H14N.C2H5.2BrH.Sn/c1-4-7-5-6(2)3;1-2;;;/h6-7H,2,4-5H2,1,3H3;1H2,2H3;2*1H;/q;;;;+2/p-2. The molecule has 0 saturated heterocycles. The fourth-order valence-electron chi connectivity index (χ4n) is 0.854. The molecule has 0 aliphatic carbocycles. The second-order valence-corrected chi connectivity index (χ2v) is 7.33. The summed E-state index contributed by atoms with van der Waals surface area (Å²) in [6.07, 6.45) is 0. The number of nitrogens with one attached hydrogen (secondary N) is 1. The van der Waals surface area contributed by atoms with Crippen LogP contribution in [-0.4, -0.2) is 34.2 Å². The van der Waals surface area contributed by atoms with Crippen LogP contribution in [-0.2, 0) is 0 Å². The third-order valence-electron chi connectivity index (χ3n) is 1.49. The van der Waals surface area contributed by atoms with Gasteiger partial charge in [0.05, 0.1) is 0 Å². The summed E-state index contributed by atoms with van der Waals surface area (Å²) in [6, 6.07) is 0. The van der Waals surface area contributed by atoms with Gasteiger partial charge in [0, 0.05) is 0 Å². The first kappa shape index (κ1) is 19.3. The van der Waals surface area contributed by atoms with Crippen molar-refractivity contribution in [3.05, 3.63) is 0 Å². The molecule has 0 fully saturated rings. The first-order valence-corrected chi connectivity index (χ1v) is 8.26. The molecule has 0 heterocycles. The van der Waals surface area contributed by atoms with E-state index in [0.29, 0.717) is 0 Å². The average molecular weight is 408 g/mol. The Hall–Kier alpha value is 1.72. The summed E-state index contributed by atoms with van der Waals surface area (Å²) in [4.78, 5) is 0. The molecule has 0 rings (SSSR count). The molecule has 0 aromatic heterocycles. The summed E-state index contributed by atoms with van der Waals surface area (Å²) < 4.78 is 3.05. The largest absolute Gasteiger partial charge is 1.00 e. The van der Waals surface area contributed by atoms with E-state index in [1.807, 2.05) is 0 Å². The van der Waals surface area contributed by atoms with Crippen LogP contribution in [0.1, 0.15) is 20.8 Å². The van der Waals surface area contributed by atoms with E-state index < -0.39 is 0 Å². The van der Waals surface area contributed by atoms with Crippen LogP contribution in [0.15, 0.2) is 0 Å². The van der Waals surface area contributed by atoms with E-state index in [2.05, 4.69) is 26.1 Å². The first-order valence-electron chi connectivity index (χ1n) is 4.22. The Balaban J connectivity index is -0.000000405. The smallest absolute Gasteiger partial charge is 1.00 e. The van der Waals surface area contributed by atoms with Crippen molar-refractivity contribution in [3.63, 3.8) is 0 Å². The van der Waals surface area contributed by atoms with Crippen molar-refractivity contribution in [1.29, 1.82) is 0 Å². The molecule has 1 N–H and O–H groups in total. The van der Waals surface area contributed by atoms with Crippen LogP contribution in [0.5, 0.6) is 0 Å². The summed E-state index contributed by atoms with van der Waals surface area (Å²) in [5.41, 5.74) is 0. The van der Waals surface area contributed by atoms with Gasteiger partial charge in [-0.05, 0) is 0 Å². The third-order valence-corrected chi connectivity index (χ3v) is 5.73. The van der Waals surface area contributed by atoms with Gasteiger partial charge in [0.15, 0.2) is 0 Å². The second kappa shape index (κ2) is 15.2. The maximum absolute atomic E-state index is 3.38. The average Bonchev–Trinajstić information content (AvgIpc) is 1.97. The zero-order chi connectivity index (χ0) is 7.82. The molecule has 1 unspecified atom stereocenters. The van der Waals surface area contributed by atoms with E-state index in [4.69, 9.17) is 0 Å². The third kappa shape index (κ3) is 14.3. The van der Waals surface area contributed by atoms with Crippen LogP contribution in [0.4, 0.5) is 0 Å². The second-order valence-electron chi connectivity index (χ2n) is 2.72. The van der Waals surface area contributed by atoms with Crippen LogP contribution >= 0.6 is 0 Å². The quantitative estimate of drug-likeness (QED) is 0.441. The summed E-state index contributed by atoms with van der Waals surface area (Å²) in [5.74, 6) is 0.937. The maximum atomic E-state index is 3.38. The van der Waals surface area contributed by atoms with Gasteiger partial charge in [-0.3, -0.25) is 0 Å². The molecule has 4 heteroatoms. The van der Waals surface area contributed by atoms with E-state index >= 15 is 0 Å². The monoisotopic (exact) mass is 407 g/mol. The molecule has 0 aromatic carbocycles. The Morgan fingerprint density at radius 2 is 1.83 bits per heavy atom. The zero-order valence-corrected chi connectivity index (χ0v) is 14.2. The molecule has 0 amide bonds. The van der Waals surface area contributed by atoms with Crippen molar-refractivity contribution >= 4 is 21.1 Å². The van der Waals surface area contributed by atoms with Crippen molar-refractivity contribution < 1.29 is 34.0 Å². The maximum Gasteiger partial charge on any atom is -1.00 e. The fourth-order valence-corrected chi connectivity index (χ4v) is 3.50. The molecule has 1 atom stereocenters. The van der Waals surface area contributed by atoms with Gasteiger partial charge in [0.25, 0.3) is 0 Å². The van der Waals surface area contributed by atoms with Gasteiger partial charge in [-0.15, -0.1) is 0 Å². The number of hydrogen-bond donors (Lipinski definition) is 1. The van der Waals surface area contributed by atoms with Gasteiger partial charge in [-0.25, -0.2) is 0 Å². The van der Waals surface area contributed by atoms with Gasteiger partial charge < -0.3 is 34.0 Å². The summed E-state index contributed by atoms with van der Waals surface area (Å²) >= 11 is 0.0654. The normalized spacial score (nSPS) is 10.6. The number of halogens is 2. The van der Waals surface area contributed by atoms with E-state index in [-0.39, 0.29) is 55.1 Å². The van der Waals surface area contributed by atoms with Crippen LogP contribution in [0, 0.1) is 5.92 Å². The Labute approximate surface area is 108 Å². The fraction of sp³-hybridized carbons (Fsp3) is 1.00. The van der Waals surface area contributed by atoms with Crippen molar-refractivity contribution in [1.82, 2.24) is 5.32 Å². The first-order chi connectivity index (χ1) is 4.81. The summed E-state index contributed by atoms with van der Waals surface area (Å²) in [6.45, 7) is 9.22. The van der Waals surface area contributed by atoms with E-state index in [1.165, 1.54) is 11.0 Å². The van der Waals surface area contributed by atoms with Gasteiger partial charge in [0.2, 0.25) is 0 Å². The Bertz CT molecular complexity index is 66.1. The molecule has 0 aliphatic rings. The van der Waals surface area contributed by atoms with Crippen LogP contribution in [0.3, 0.4) is 0 Å². The van der Waals surface area contributed by atoms with E-state index in [9.17, 15) is 0 Å². The minimum absolute atomic E-state index is 0. The molecule has 0 radical (unpaired) electrons. The number of rotatable bonds is 6. The van der Waals surface area contributed by atoms with E-state index in [1.54, 1.807) is 4.44 Å². The predicted molar refractivity (Wildman–Crippen MR) is 48.7 cm³/mol. The van der Waals surface area contributed by atoms with Crippen LogP contribution in [0.25, 0.3) is 0 Å². The van der Waals surface area contributed by atoms with Crippen molar-refractivity contribution in [3.8, 4) is 0 Å². The molecule has 0 aromatic rings. The van der Waals surface area contributed by atoms with Crippen LogP contribution < -0.4 is 39.3 Å². The topological polar surface area (TPSA) is 12.0 Å². The van der Waals surface area contributed by atoms with Crippen LogP contribution in [0.2, 0.25) is 8.87 Å². The molecular weight excluding hydrogens is 389 g/mol. The SMILES string of the molecule is CCNCC(C)[CH2][Sn+2][CH2]C.[Br-].[Br-]. The molecule has 74 valence electrons. The van der Waals surface area contributed by atoms with Gasteiger partial charge >= 0.3 is 75.1 Å². The predicted octanol–water partition coefficient (Wildman–Crippen LogP) is -4.20. The molecule has 1 nitrogen and oxygen atoms in total. The van der Waals surface area contributed by atoms with Crippen molar-refractivity contribution in [2.45, 2.75) is 29.6 Å². The Kier molecular flexibility index (Phi) is 24.5. The summed E-state index contributed by atoms with van der Waals surface area (Å²) in [7, 11) is 0. The van der Waals surface area contributed by atoms with Crippen molar-refractivity contribution in [2.75, 3.05) is 13.1 Å². The van der Waals surface area contributed by atoms with Crippen molar-refractivity contribution in [2.24, 2.45) is 5.92 Å². The van der Waals surface area contributed by atoms with Gasteiger partial charge in [-0.2, -0.15) is 0 Å². The minimum Gasteiger partial charge on any atom is -1.00 e. The Morgan fingerprint density at radius 3 is 2.25 bits per heavy atom. The minimum atomic E-state index is 0.